The fourth-order valence-electron chi connectivity index (χ4n) is 9.84. The Hall–Kier alpha value is -6.36. The number of hydrogen-bond acceptors (Lipinski definition) is 4. The second-order valence-corrected chi connectivity index (χ2v) is 16.6. The molecule has 0 saturated heterocycles. The van der Waals surface area contributed by atoms with E-state index in [2.05, 4.69) is 152 Å². The molecule has 2 aliphatic rings. The lowest BCUT2D eigenvalue weighted by Gasteiger charge is -2.36. The number of thiophene rings is 1. The Bertz CT molecular complexity index is 3170. The Labute approximate surface area is 328 Å². The standard InChI is InChI=1S/C52H36N2OS/c1-3-12-32(13-4-1)33-20-22-34(23-21-33)51-53-47-40-15-6-8-19-46(40)56-50(47)48(54-51)41-17-11-16-39-42-30-35(25-27-45(42)55-49(39)41)36-24-26-38-37-14-5-7-18-43(37)52(44(38)31-36)28-9-2-10-29-52/h1,3-8,11-27,30-31H,2,9-10,28-29H2. The largest absolute Gasteiger partial charge is 0.455 e. The van der Waals surface area contributed by atoms with Crippen molar-refractivity contribution < 1.29 is 4.42 Å². The second kappa shape index (κ2) is 12.3. The van der Waals surface area contributed by atoms with E-state index in [1.54, 1.807) is 11.3 Å². The normalized spacial score (nSPS) is 14.6. The molecule has 0 aliphatic heterocycles. The molecule has 266 valence electrons. The lowest BCUT2D eigenvalue weighted by molar-refractivity contribution is 0.353. The summed E-state index contributed by atoms with van der Waals surface area (Å²) in [5, 5.41) is 3.36. The van der Waals surface area contributed by atoms with Crippen LogP contribution in [0.25, 0.3) is 98.3 Å². The smallest absolute Gasteiger partial charge is 0.160 e. The number of aromatic nitrogens is 2. The highest BCUT2D eigenvalue weighted by Gasteiger charge is 2.43. The number of benzene rings is 7. The van der Waals surface area contributed by atoms with E-state index >= 15 is 0 Å². The fourth-order valence-corrected chi connectivity index (χ4v) is 11.0. The minimum Gasteiger partial charge on any atom is -0.455 e. The van der Waals surface area contributed by atoms with Gasteiger partial charge in [-0.25, -0.2) is 9.97 Å². The van der Waals surface area contributed by atoms with Crippen molar-refractivity contribution in [3.63, 3.8) is 0 Å². The highest BCUT2D eigenvalue weighted by Crippen LogP contribution is 2.56. The van der Waals surface area contributed by atoms with E-state index < -0.39 is 0 Å². The summed E-state index contributed by atoms with van der Waals surface area (Å²) in [6, 6.07) is 57.2. The van der Waals surface area contributed by atoms with E-state index in [0.29, 0.717) is 5.82 Å². The van der Waals surface area contributed by atoms with Crippen molar-refractivity contribution in [1.29, 1.82) is 0 Å². The summed E-state index contributed by atoms with van der Waals surface area (Å²) in [5.41, 5.74) is 16.4. The predicted octanol–water partition coefficient (Wildman–Crippen LogP) is 14.6. The molecular formula is C52H36N2OS. The molecule has 0 radical (unpaired) electrons. The van der Waals surface area contributed by atoms with E-state index in [9.17, 15) is 0 Å². The van der Waals surface area contributed by atoms with Gasteiger partial charge in [-0.3, -0.25) is 0 Å². The van der Waals surface area contributed by atoms with Gasteiger partial charge in [-0.15, -0.1) is 11.3 Å². The van der Waals surface area contributed by atoms with E-state index in [1.807, 2.05) is 6.07 Å². The fraction of sp³-hybridized carbons (Fsp3) is 0.115. The number of furan rings is 1. The molecule has 4 heteroatoms. The molecule has 12 rings (SSSR count). The molecule has 56 heavy (non-hydrogen) atoms. The summed E-state index contributed by atoms with van der Waals surface area (Å²) in [6.45, 7) is 0. The van der Waals surface area contributed by atoms with Gasteiger partial charge in [0.15, 0.2) is 5.82 Å². The number of fused-ring (bicyclic) bond motifs is 11. The molecule has 0 atom stereocenters. The third-order valence-corrected chi connectivity index (χ3v) is 13.7. The summed E-state index contributed by atoms with van der Waals surface area (Å²) in [7, 11) is 0. The molecule has 3 heterocycles. The molecule has 7 aromatic carbocycles. The number of hydrogen-bond donors (Lipinski definition) is 0. The third-order valence-electron chi connectivity index (χ3n) is 12.5. The Morgan fingerprint density at radius 2 is 1.16 bits per heavy atom. The Kier molecular flexibility index (Phi) is 7.03. The number of rotatable bonds is 4. The maximum Gasteiger partial charge on any atom is 0.160 e. The van der Waals surface area contributed by atoms with E-state index in [4.69, 9.17) is 14.4 Å². The highest BCUT2D eigenvalue weighted by atomic mass is 32.1. The van der Waals surface area contributed by atoms with Crippen molar-refractivity contribution in [1.82, 2.24) is 9.97 Å². The molecule has 1 spiro atoms. The average Bonchev–Trinajstić information content (AvgIpc) is 3.92. The van der Waals surface area contributed by atoms with Crippen LogP contribution in [0.3, 0.4) is 0 Å². The monoisotopic (exact) mass is 736 g/mol. The first-order valence-corrected chi connectivity index (χ1v) is 20.6. The summed E-state index contributed by atoms with van der Waals surface area (Å²) in [6.07, 6.45) is 6.36. The van der Waals surface area contributed by atoms with Gasteiger partial charge in [0.05, 0.1) is 15.9 Å². The van der Waals surface area contributed by atoms with Crippen LogP contribution in [0.1, 0.15) is 43.2 Å². The van der Waals surface area contributed by atoms with Gasteiger partial charge in [0, 0.05) is 37.4 Å². The summed E-state index contributed by atoms with van der Waals surface area (Å²) in [5.74, 6) is 0.709. The average molecular weight is 737 g/mol. The molecule has 0 unspecified atom stereocenters. The summed E-state index contributed by atoms with van der Waals surface area (Å²) in [4.78, 5) is 10.6. The number of para-hydroxylation sites is 1. The van der Waals surface area contributed by atoms with E-state index in [-0.39, 0.29) is 5.41 Å². The minimum absolute atomic E-state index is 0.125. The van der Waals surface area contributed by atoms with Gasteiger partial charge in [0.2, 0.25) is 0 Å². The van der Waals surface area contributed by atoms with Crippen molar-refractivity contribution in [2.75, 3.05) is 0 Å². The SMILES string of the molecule is c1ccc(-c2ccc(-c3nc(-c4cccc5c4oc4ccc(-c6ccc7c(c6)C6(CCCCC6)c6ccccc6-7)cc45)c4sc5ccccc5c4n3)cc2)cc1. The van der Waals surface area contributed by atoms with Crippen LogP contribution in [0.2, 0.25) is 0 Å². The van der Waals surface area contributed by atoms with Gasteiger partial charge < -0.3 is 4.42 Å². The van der Waals surface area contributed by atoms with Crippen molar-refractivity contribution >= 4 is 53.6 Å². The first-order chi connectivity index (χ1) is 27.7. The lowest BCUT2D eigenvalue weighted by Crippen LogP contribution is -2.28. The van der Waals surface area contributed by atoms with Crippen LogP contribution in [0.15, 0.2) is 162 Å². The predicted molar refractivity (Wildman–Crippen MR) is 233 cm³/mol. The van der Waals surface area contributed by atoms with Gasteiger partial charge in [-0.2, -0.15) is 0 Å². The topological polar surface area (TPSA) is 38.9 Å². The minimum atomic E-state index is 0.125. The van der Waals surface area contributed by atoms with Crippen LogP contribution in [-0.4, -0.2) is 9.97 Å². The van der Waals surface area contributed by atoms with Gasteiger partial charge in [-0.1, -0.05) is 147 Å². The molecule has 2 aliphatic carbocycles. The maximum absolute atomic E-state index is 6.81. The first kappa shape index (κ1) is 31.9. The Morgan fingerprint density at radius 1 is 0.482 bits per heavy atom. The van der Waals surface area contributed by atoms with Crippen LogP contribution in [-0.2, 0) is 5.41 Å². The van der Waals surface area contributed by atoms with Gasteiger partial charge in [-0.05, 0) is 87.7 Å². The van der Waals surface area contributed by atoms with Crippen LogP contribution in [0, 0.1) is 0 Å². The quantitative estimate of drug-likeness (QED) is 0.181. The Balaban J connectivity index is 1.00. The molecule has 0 N–H and O–H groups in total. The molecule has 1 fully saturated rings. The van der Waals surface area contributed by atoms with Crippen molar-refractivity contribution in [2.24, 2.45) is 0 Å². The highest BCUT2D eigenvalue weighted by molar-refractivity contribution is 7.26. The Morgan fingerprint density at radius 3 is 2.05 bits per heavy atom. The molecule has 1 saturated carbocycles. The van der Waals surface area contributed by atoms with Gasteiger partial charge >= 0.3 is 0 Å². The van der Waals surface area contributed by atoms with Crippen LogP contribution >= 0.6 is 11.3 Å². The summed E-state index contributed by atoms with van der Waals surface area (Å²) >= 11 is 1.75. The molecule has 3 aromatic heterocycles. The molecule has 0 bridgehead atoms. The number of nitrogens with zero attached hydrogens (tertiary/aromatic N) is 2. The summed E-state index contributed by atoms with van der Waals surface area (Å²) < 4.78 is 9.08. The van der Waals surface area contributed by atoms with Gasteiger partial charge in [0.25, 0.3) is 0 Å². The van der Waals surface area contributed by atoms with Crippen molar-refractivity contribution in [3.05, 3.63) is 169 Å². The van der Waals surface area contributed by atoms with Crippen molar-refractivity contribution in [2.45, 2.75) is 37.5 Å². The van der Waals surface area contributed by atoms with E-state index in [1.165, 1.54) is 81.3 Å². The second-order valence-electron chi connectivity index (χ2n) is 15.6. The van der Waals surface area contributed by atoms with Crippen LogP contribution in [0.5, 0.6) is 0 Å². The van der Waals surface area contributed by atoms with E-state index in [0.717, 1.165) is 54.4 Å². The third kappa shape index (κ3) is 4.75. The zero-order chi connectivity index (χ0) is 36.8. The molecule has 10 aromatic rings. The van der Waals surface area contributed by atoms with Crippen LogP contribution < -0.4 is 0 Å². The van der Waals surface area contributed by atoms with Gasteiger partial charge in [0.1, 0.15) is 11.2 Å². The zero-order valence-corrected chi connectivity index (χ0v) is 31.6. The molecule has 3 nitrogen and oxygen atoms in total. The zero-order valence-electron chi connectivity index (χ0n) is 30.8. The molecular weight excluding hydrogens is 701 g/mol. The first-order valence-electron chi connectivity index (χ1n) is 19.8. The lowest BCUT2D eigenvalue weighted by atomic mass is 9.67. The van der Waals surface area contributed by atoms with Crippen LogP contribution in [0.4, 0.5) is 0 Å². The molecule has 0 amide bonds. The van der Waals surface area contributed by atoms with Crippen molar-refractivity contribution in [3.8, 4) is 56.0 Å². The maximum atomic E-state index is 6.81.